The minimum absolute atomic E-state index is 0.0377. The maximum atomic E-state index is 13.6. The van der Waals surface area contributed by atoms with E-state index in [1.807, 2.05) is 38.1 Å². The van der Waals surface area contributed by atoms with Gasteiger partial charge in [-0.1, -0.05) is 35.9 Å². The molecule has 0 fully saturated rings. The van der Waals surface area contributed by atoms with Gasteiger partial charge in [0.25, 0.3) is 0 Å². The van der Waals surface area contributed by atoms with Crippen LogP contribution in [0.15, 0.2) is 42.5 Å². The molecule has 22 heavy (non-hydrogen) atoms. The summed E-state index contributed by atoms with van der Waals surface area (Å²) in [6, 6.07) is 13.9. The van der Waals surface area contributed by atoms with Gasteiger partial charge in [-0.2, -0.15) is 5.26 Å². The van der Waals surface area contributed by atoms with E-state index in [1.54, 1.807) is 12.1 Å². The number of aryl methyl sites for hydroxylation is 1. The van der Waals surface area contributed by atoms with E-state index in [-0.39, 0.29) is 11.6 Å². The molecule has 2 atom stereocenters. The number of aliphatic hydroxyl groups is 1. The van der Waals surface area contributed by atoms with Crippen LogP contribution in [0.2, 0.25) is 0 Å². The van der Waals surface area contributed by atoms with Crippen molar-refractivity contribution in [3.05, 3.63) is 70.5 Å². The van der Waals surface area contributed by atoms with Crippen molar-refractivity contribution >= 4 is 0 Å². The number of nitriles is 1. The molecule has 0 aliphatic rings. The summed E-state index contributed by atoms with van der Waals surface area (Å²) in [7, 11) is 0. The molecule has 0 spiro atoms. The number of hydrogen-bond donors (Lipinski definition) is 2. The number of aliphatic hydroxyl groups excluding tert-OH is 1. The van der Waals surface area contributed by atoms with E-state index in [2.05, 4.69) is 5.32 Å². The van der Waals surface area contributed by atoms with E-state index in [0.717, 1.165) is 16.7 Å². The normalized spacial score (nSPS) is 13.4. The molecule has 2 N–H and O–H groups in total. The first kappa shape index (κ1) is 16.2. The molecule has 0 aliphatic heterocycles. The maximum absolute atomic E-state index is 13.6. The van der Waals surface area contributed by atoms with Crippen molar-refractivity contribution < 1.29 is 9.50 Å². The Labute approximate surface area is 130 Å². The fourth-order valence-corrected chi connectivity index (χ4v) is 2.29. The van der Waals surface area contributed by atoms with Crippen LogP contribution >= 0.6 is 0 Å². The summed E-state index contributed by atoms with van der Waals surface area (Å²) in [6.45, 7) is 4.24. The first-order valence-corrected chi connectivity index (χ1v) is 7.19. The number of rotatable bonds is 5. The van der Waals surface area contributed by atoms with Crippen molar-refractivity contribution in [2.75, 3.05) is 6.54 Å². The van der Waals surface area contributed by atoms with E-state index >= 15 is 0 Å². The smallest absolute Gasteiger partial charge is 0.141 e. The second-order valence-electron chi connectivity index (χ2n) is 5.41. The Bertz CT molecular complexity index is 694. The van der Waals surface area contributed by atoms with Gasteiger partial charge in [0.05, 0.1) is 11.7 Å². The molecule has 0 aromatic heterocycles. The van der Waals surface area contributed by atoms with E-state index in [1.165, 1.54) is 12.1 Å². The average molecular weight is 298 g/mol. The molecule has 0 saturated heterocycles. The maximum Gasteiger partial charge on any atom is 0.141 e. The van der Waals surface area contributed by atoms with Crippen molar-refractivity contribution in [2.45, 2.75) is 26.0 Å². The molecule has 0 aliphatic carbocycles. The van der Waals surface area contributed by atoms with Crippen molar-refractivity contribution in [1.82, 2.24) is 5.32 Å². The fraction of sp³-hybridized carbons (Fsp3) is 0.278. The summed E-state index contributed by atoms with van der Waals surface area (Å²) in [5.41, 5.74) is 2.73. The molecule has 0 bridgehead atoms. The van der Waals surface area contributed by atoms with Crippen LogP contribution in [-0.4, -0.2) is 11.7 Å². The molecule has 0 heterocycles. The second kappa shape index (κ2) is 7.17. The summed E-state index contributed by atoms with van der Waals surface area (Å²) < 4.78 is 13.6. The number of nitrogens with zero attached hydrogens (tertiary/aromatic N) is 1. The third-order valence-corrected chi connectivity index (χ3v) is 3.66. The van der Waals surface area contributed by atoms with Gasteiger partial charge in [-0.05, 0) is 37.1 Å². The summed E-state index contributed by atoms with van der Waals surface area (Å²) in [6.07, 6.45) is -0.620. The summed E-state index contributed by atoms with van der Waals surface area (Å²) >= 11 is 0. The number of benzene rings is 2. The van der Waals surface area contributed by atoms with E-state index in [0.29, 0.717) is 6.54 Å². The first-order valence-electron chi connectivity index (χ1n) is 7.19. The molecule has 2 aromatic carbocycles. The molecule has 0 radical (unpaired) electrons. The molecule has 2 rings (SSSR count). The Kier molecular flexibility index (Phi) is 5.26. The van der Waals surface area contributed by atoms with Gasteiger partial charge in [0.2, 0.25) is 0 Å². The van der Waals surface area contributed by atoms with E-state index < -0.39 is 11.9 Å². The molecule has 114 valence electrons. The van der Waals surface area contributed by atoms with Crippen molar-refractivity contribution in [3.63, 3.8) is 0 Å². The van der Waals surface area contributed by atoms with Gasteiger partial charge in [-0.15, -0.1) is 0 Å². The van der Waals surface area contributed by atoms with Crippen LogP contribution in [0.4, 0.5) is 4.39 Å². The zero-order valence-corrected chi connectivity index (χ0v) is 12.7. The highest BCUT2D eigenvalue weighted by Gasteiger charge is 2.12. The van der Waals surface area contributed by atoms with Gasteiger partial charge in [0.1, 0.15) is 11.9 Å². The van der Waals surface area contributed by atoms with Crippen LogP contribution in [0.1, 0.15) is 41.3 Å². The van der Waals surface area contributed by atoms with Crippen LogP contribution in [0.3, 0.4) is 0 Å². The van der Waals surface area contributed by atoms with E-state index in [4.69, 9.17) is 5.26 Å². The van der Waals surface area contributed by atoms with Crippen LogP contribution in [0.25, 0.3) is 0 Å². The minimum atomic E-state index is -0.620. The summed E-state index contributed by atoms with van der Waals surface area (Å²) in [5.74, 6) is -0.520. The van der Waals surface area contributed by atoms with Crippen LogP contribution < -0.4 is 5.32 Å². The van der Waals surface area contributed by atoms with Crippen molar-refractivity contribution in [2.24, 2.45) is 0 Å². The summed E-state index contributed by atoms with van der Waals surface area (Å²) in [4.78, 5) is 0. The van der Waals surface area contributed by atoms with Gasteiger partial charge in [0, 0.05) is 12.6 Å². The molecule has 3 nitrogen and oxygen atoms in total. The molecule has 0 amide bonds. The number of nitrogens with one attached hydrogen (secondary N) is 1. The summed E-state index contributed by atoms with van der Waals surface area (Å²) in [5, 5.41) is 22.1. The molecule has 2 aromatic rings. The van der Waals surface area contributed by atoms with Gasteiger partial charge in [-0.25, -0.2) is 4.39 Å². The standard InChI is InChI=1S/C18H19FN2O/c1-12-4-3-5-15(8-12)18(22)11-21-13(2)14-6-7-16(10-20)17(19)9-14/h3-9,13,18,21-22H,11H2,1-2H3. The van der Waals surface area contributed by atoms with Crippen molar-refractivity contribution in [1.29, 1.82) is 5.26 Å². The average Bonchev–Trinajstić information content (AvgIpc) is 2.52. The lowest BCUT2D eigenvalue weighted by atomic mass is 10.0. The SMILES string of the molecule is Cc1cccc(C(O)CNC(C)c2ccc(C#N)c(F)c2)c1. The minimum Gasteiger partial charge on any atom is -0.387 e. The van der Waals surface area contributed by atoms with Crippen molar-refractivity contribution in [3.8, 4) is 6.07 Å². The van der Waals surface area contributed by atoms with Crippen LogP contribution in [0.5, 0.6) is 0 Å². The number of halogens is 1. The topological polar surface area (TPSA) is 56.0 Å². The molecule has 4 heteroatoms. The van der Waals surface area contributed by atoms with Gasteiger partial charge >= 0.3 is 0 Å². The Morgan fingerprint density at radius 1 is 1.23 bits per heavy atom. The Balaban J connectivity index is 1.99. The van der Waals surface area contributed by atoms with Gasteiger partial charge in [-0.3, -0.25) is 0 Å². The van der Waals surface area contributed by atoms with Crippen LogP contribution in [-0.2, 0) is 0 Å². The third kappa shape index (κ3) is 3.91. The van der Waals surface area contributed by atoms with Gasteiger partial charge < -0.3 is 10.4 Å². The van der Waals surface area contributed by atoms with Crippen LogP contribution in [0, 0.1) is 24.1 Å². The highest BCUT2D eigenvalue weighted by Crippen LogP contribution is 2.18. The highest BCUT2D eigenvalue weighted by atomic mass is 19.1. The Morgan fingerprint density at radius 3 is 2.64 bits per heavy atom. The van der Waals surface area contributed by atoms with E-state index in [9.17, 15) is 9.50 Å². The molecular formula is C18H19FN2O. The predicted octanol–water partition coefficient (Wildman–Crippen LogP) is 3.39. The lowest BCUT2D eigenvalue weighted by Gasteiger charge is -2.18. The third-order valence-electron chi connectivity index (χ3n) is 3.66. The zero-order chi connectivity index (χ0) is 16.1. The number of hydrogen-bond acceptors (Lipinski definition) is 3. The Morgan fingerprint density at radius 2 is 2.00 bits per heavy atom. The Hall–Kier alpha value is -2.22. The quantitative estimate of drug-likeness (QED) is 0.889. The monoisotopic (exact) mass is 298 g/mol. The molecule has 0 saturated carbocycles. The fourth-order valence-electron chi connectivity index (χ4n) is 2.29. The molecular weight excluding hydrogens is 279 g/mol. The lowest BCUT2D eigenvalue weighted by molar-refractivity contribution is 0.170. The highest BCUT2D eigenvalue weighted by molar-refractivity contribution is 5.34. The van der Waals surface area contributed by atoms with Gasteiger partial charge in [0.15, 0.2) is 0 Å². The lowest BCUT2D eigenvalue weighted by Crippen LogP contribution is -2.24. The second-order valence-corrected chi connectivity index (χ2v) is 5.41. The first-order chi connectivity index (χ1) is 10.5. The largest absolute Gasteiger partial charge is 0.387 e. The predicted molar refractivity (Wildman–Crippen MR) is 83.7 cm³/mol. The zero-order valence-electron chi connectivity index (χ0n) is 12.7. The molecule has 2 unspecified atom stereocenters.